The third-order valence-corrected chi connectivity index (χ3v) is 5.42. The van der Waals surface area contributed by atoms with E-state index in [1.807, 2.05) is 6.92 Å². The fourth-order valence-corrected chi connectivity index (χ4v) is 3.49. The molecule has 2 heterocycles. The maximum Gasteiger partial charge on any atom is 0.190 e. The second-order valence-corrected chi connectivity index (χ2v) is 8.31. The lowest BCUT2D eigenvalue weighted by Gasteiger charge is -2.15. The van der Waals surface area contributed by atoms with Gasteiger partial charge in [0.05, 0.1) is 11.8 Å². The normalized spacial score (nSPS) is 11.7. The molecule has 9 heteroatoms. The molecular weight excluding hydrogens is 471 g/mol. The Hall–Kier alpha value is -3.88. The lowest BCUT2D eigenvalue weighted by molar-refractivity contribution is 0.0779. The van der Waals surface area contributed by atoms with Gasteiger partial charge >= 0.3 is 0 Å². The molecule has 0 aliphatic rings. The molecule has 35 heavy (non-hydrogen) atoms. The van der Waals surface area contributed by atoms with E-state index in [0.29, 0.717) is 27.7 Å². The van der Waals surface area contributed by atoms with Crippen LogP contribution in [0.3, 0.4) is 0 Å². The van der Waals surface area contributed by atoms with E-state index in [1.165, 1.54) is 31.3 Å². The number of carbonyl (C=O) groups excluding carboxylic acids is 1. The number of nitrogens with zero attached hydrogens (tertiary/aromatic N) is 3. The van der Waals surface area contributed by atoms with E-state index in [9.17, 15) is 14.3 Å². The van der Waals surface area contributed by atoms with Crippen molar-refractivity contribution in [3.05, 3.63) is 94.7 Å². The Morgan fingerprint density at radius 1 is 1.20 bits per heavy atom. The van der Waals surface area contributed by atoms with Crippen LogP contribution in [-0.2, 0) is 6.61 Å². The number of hydrogen-bond donors (Lipinski definition) is 2. The number of aryl methyl sites for hydroxylation is 1. The van der Waals surface area contributed by atoms with Gasteiger partial charge in [-0.25, -0.2) is 14.4 Å². The van der Waals surface area contributed by atoms with Crippen LogP contribution in [0.5, 0.6) is 5.75 Å². The SMILES string of the molecule is Cc1cnccc1Nc1nc(-c2cc(Cl)ccc2F)ncc1OCc1cccc(C(=O)C(C)O)c1. The first-order valence-electron chi connectivity index (χ1n) is 10.8. The minimum atomic E-state index is -1.10. The van der Waals surface area contributed by atoms with Crippen molar-refractivity contribution in [2.24, 2.45) is 0 Å². The zero-order valence-electron chi connectivity index (χ0n) is 19.0. The summed E-state index contributed by atoms with van der Waals surface area (Å²) in [6.45, 7) is 3.42. The van der Waals surface area contributed by atoms with Crippen molar-refractivity contribution < 1.29 is 19.0 Å². The van der Waals surface area contributed by atoms with Gasteiger partial charge in [-0.05, 0) is 55.3 Å². The number of anilines is 2. The van der Waals surface area contributed by atoms with E-state index in [0.717, 1.165) is 11.3 Å². The van der Waals surface area contributed by atoms with Crippen molar-refractivity contribution in [2.75, 3.05) is 5.32 Å². The maximum atomic E-state index is 14.5. The summed E-state index contributed by atoms with van der Waals surface area (Å²) in [4.78, 5) is 25.0. The Morgan fingerprint density at radius 3 is 2.80 bits per heavy atom. The van der Waals surface area contributed by atoms with E-state index in [2.05, 4.69) is 20.3 Å². The highest BCUT2D eigenvalue weighted by Gasteiger charge is 2.16. The number of rotatable bonds is 8. The molecule has 7 nitrogen and oxygen atoms in total. The smallest absolute Gasteiger partial charge is 0.190 e. The van der Waals surface area contributed by atoms with E-state index < -0.39 is 11.9 Å². The van der Waals surface area contributed by atoms with E-state index in [-0.39, 0.29) is 23.8 Å². The fraction of sp³-hybridized carbons (Fsp3) is 0.154. The number of aliphatic hydroxyl groups excluding tert-OH is 1. The second kappa shape index (κ2) is 10.6. The molecule has 4 aromatic rings. The molecule has 0 fully saturated rings. The molecule has 178 valence electrons. The average Bonchev–Trinajstić information content (AvgIpc) is 2.85. The van der Waals surface area contributed by atoms with Crippen LogP contribution in [0.25, 0.3) is 11.4 Å². The Balaban J connectivity index is 1.67. The van der Waals surface area contributed by atoms with E-state index in [4.69, 9.17) is 16.3 Å². The molecular formula is C26H22ClFN4O3. The number of nitrogens with one attached hydrogen (secondary N) is 1. The summed E-state index contributed by atoms with van der Waals surface area (Å²) in [5.74, 6) is -0.108. The number of aliphatic hydroxyl groups is 1. The predicted octanol–water partition coefficient (Wildman–Crippen LogP) is 5.53. The number of carbonyl (C=O) groups is 1. The quantitative estimate of drug-likeness (QED) is 0.312. The lowest BCUT2D eigenvalue weighted by atomic mass is 10.0. The Bertz CT molecular complexity index is 1380. The zero-order chi connectivity index (χ0) is 24.9. The number of hydrogen-bond acceptors (Lipinski definition) is 7. The van der Waals surface area contributed by atoms with Crippen LogP contribution in [0.2, 0.25) is 5.02 Å². The third-order valence-electron chi connectivity index (χ3n) is 5.18. The number of Topliss-reactive ketones (excluding diaryl/α,β-unsaturated/α-hetero) is 1. The van der Waals surface area contributed by atoms with Crippen LogP contribution in [-0.4, -0.2) is 31.9 Å². The van der Waals surface area contributed by atoms with Crippen molar-refractivity contribution in [1.82, 2.24) is 15.0 Å². The van der Waals surface area contributed by atoms with Gasteiger partial charge in [0.15, 0.2) is 23.2 Å². The second-order valence-electron chi connectivity index (χ2n) is 7.88. The minimum absolute atomic E-state index is 0.110. The summed E-state index contributed by atoms with van der Waals surface area (Å²) < 4.78 is 20.4. The fourth-order valence-electron chi connectivity index (χ4n) is 3.32. The van der Waals surface area contributed by atoms with Crippen LogP contribution >= 0.6 is 11.6 Å². The highest BCUT2D eigenvalue weighted by atomic mass is 35.5. The number of aromatic nitrogens is 3. The van der Waals surface area contributed by atoms with Crippen molar-refractivity contribution >= 4 is 28.9 Å². The van der Waals surface area contributed by atoms with Crippen LogP contribution in [0, 0.1) is 12.7 Å². The molecule has 0 aliphatic carbocycles. The molecule has 0 radical (unpaired) electrons. The Morgan fingerprint density at radius 2 is 2.03 bits per heavy atom. The highest BCUT2D eigenvalue weighted by Crippen LogP contribution is 2.31. The minimum Gasteiger partial charge on any atom is -0.483 e. The van der Waals surface area contributed by atoms with Crippen molar-refractivity contribution in [1.29, 1.82) is 0 Å². The molecule has 2 aromatic carbocycles. The molecule has 0 saturated carbocycles. The first-order valence-corrected chi connectivity index (χ1v) is 11.1. The first kappa shape index (κ1) is 24.3. The van der Waals surface area contributed by atoms with Gasteiger partial charge in [0, 0.05) is 28.7 Å². The van der Waals surface area contributed by atoms with Gasteiger partial charge < -0.3 is 15.2 Å². The maximum absolute atomic E-state index is 14.5. The Labute approximate surface area is 206 Å². The number of halogens is 2. The van der Waals surface area contributed by atoms with Crippen molar-refractivity contribution in [2.45, 2.75) is 26.6 Å². The monoisotopic (exact) mass is 492 g/mol. The molecule has 1 unspecified atom stereocenters. The molecule has 2 N–H and O–H groups in total. The summed E-state index contributed by atoms with van der Waals surface area (Å²) >= 11 is 6.05. The van der Waals surface area contributed by atoms with Crippen molar-refractivity contribution in [3.63, 3.8) is 0 Å². The van der Waals surface area contributed by atoms with E-state index in [1.54, 1.807) is 42.7 Å². The van der Waals surface area contributed by atoms with Gasteiger partial charge in [-0.15, -0.1) is 0 Å². The van der Waals surface area contributed by atoms with E-state index >= 15 is 0 Å². The van der Waals surface area contributed by atoms with Crippen LogP contribution in [0.1, 0.15) is 28.4 Å². The Kier molecular flexibility index (Phi) is 7.33. The molecule has 2 aromatic heterocycles. The predicted molar refractivity (Wildman–Crippen MR) is 131 cm³/mol. The molecule has 0 amide bonds. The largest absolute Gasteiger partial charge is 0.483 e. The van der Waals surface area contributed by atoms with Gasteiger partial charge in [0.25, 0.3) is 0 Å². The summed E-state index contributed by atoms with van der Waals surface area (Å²) in [7, 11) is 0. The number of ketones is 1. The zero-order valence-corrected chi connectivity index (χ0v) is 19.8. The van der Waals surface area contributed by atoms with Crippen molar-refractivity contribution in [3.8, 4) is 17.1 Å². The molecule has 0 aliphatic heterocycles. The molecule has 0 bridgehead atoms. The van der Waals surface area contributed by atoms with Crippen LogP contribution in [0.15, 0.2) is 67.1 Å². The average molecular weight is 493 g/mol. The molecule has 1 atom stereocenters. The highest BCUT2D eigenvalue weighted by molar-refractivity contribution is 6.30. The lowest BCUT2D eigenvalue weighted by Crippen LogP contribution is -2.16. The number of ether oxygens (including phenoxy) is 1. The topological polar surface area (TPSA) is 97.2 Å². The van der Waals surface area contributed by atoms with Gasteiger partial charge in [0.2, 0.25) is 0 Å². The third kappa shape index (κ3) is 5.79. The standard InChI is InChI=1S/C26H22ClFN4O3/c1-15-12-29-9-8-22(15)31-26-23(13-30-25(32-26)20-11-19(27)6-7-21(20)28)35-14-17-4-3-5-18(10-17)24(34)16(2)33/h3-13,16,33H,14H2,1-2H3,(H,29,30,31,32). The van der Waals surface area contributed by atoms with Gasteiger partial charge in [-0.2, -0.15) is 0 Å². The molecule has 0 saturated heterocycles. The van der Waals surface area contributed by atoms with Gasteiger partial charge in [0.1, 0.15) is 18.5 Å². The number of pyridine rings is 1. The first-order chi connectivity index (χ1) is 16.8. The number of benzene rings is 2. The van der Waals surface area contributed by atoms with Gasteiger partial charge in [-0.1, -0.05) is 29.8 Å². The van der Waals surface area contributed by atoms with Crippen LogP contribution < -0.4 is 10.1 Å². The summed E-state index contributed by atoms with van der Waals surface area (Å²) in [5, 5.41) is 13.1. The summed E-state index contributed by atoms with van der Waals surface area (Å²) in [6, 6.07) is 12.8. The summed E-state index contributed by atoms with van der Waals surface area (Å²) in [5.41, 5.74) is 2.87. The molecule has 4 rings (SSSR count). The summed E-state index contributed by atoms with van der Waals surface area (Å²) in [6.07, 6.45) is 3.69. The van der Waals surface area contributed by atoms with Gasteiger partial charge in [-0.3, -0.25) is 9.78 Å². The molecule has 0 spiro atoms. The van der Waals surface area contributed by atoms with Crippen LogP contribution in [0.4, 0.5) is 15.9 Å².